The highest BCUT2D eigenvalue weighted by Crippen LogP contribution is 2.32. The number of rotatable bonds is 4. The lowest BCUT2D eigenvalue weighted by atomic mass is 9.95. The van der Waals surface area contributed by atoms with Gasteiger partial charge in [0, 0.05) is 29.8 Å². The summed E-state index contributed by atoms with van der Waals surface area (Å²) in [6, 6.07) is 0. The van der Waals surface area contributed by atoms with Crippen molar-refractivity contribution in [3.05, 3.63) is 15.6 Å². The number of thiazole rings is 1. The molecule has 0 saturated carbocycles. The predicted octanol–water partition coefficient (Wildman–Crippen LogP) is 3.90. The number of nitrogens with zero attached hydrogens (tertiary/aromatic N) is 2. The standard InChI is InChI=1S/C16H26N2OS/c1-5-13(6-2)16(19)18-9-7-14(8-10-18)15-17-11(3)12(4)20-15/h13-14H,5-10H2,1-4H3. The first-order valence-corrected chi connectivity index (χ1v) is 8.61. The van der Waals surface area contributed by atoms with Crippen LogP contribution < -0.4 is 0 Å². The zero-order valence-electron chi connectivity index (χ0n) is 13.1. The minimum atomic E-state index is 0.218. The fourth-order valence-electron chi connectivity index (χ4n) is 2.92. The number of hydrogen-bond donors (Lipinski definition) is 0. The molecule has 0 unspecified atom stereocenters. The van der Waals surface area contributed by atoms with E-state index in [1.807, 2.05) is 11.3 Å². The molecule has 4 heteroatoms. The summed E-state index contributed by atoms with van der Waals surface area (Å²) in [5, 5.41) is 1.27. The Morgan fingerprint density at radius 1 is 1.30 bits per heavy atom. The van der Waals surface area contributed by atoms with Crippen molar-refractivity contribution in [1.82, 2.24) is 9.88 Å². The molecular weight excluding hydrogens is 268 g/mol. The number of aromatic nitrogens is 1. The summed E-state index contributed by atoms with van der Waals surface area (Å²) in [5.41, 5.74) is 1.17. The zero-order chi connectivity index (χ0) is 14.7. The van der Waals surface area contributed by atoms with E-state index in [2.05, 4.69) is 37.6 Å². The molecular formula is C16H26N2OS. The zero-order valence-corrected chi connectivity index (χ0v) is 13.9. The van der Waals surface area contributed by atoms with Gasteiger partial charge in [-0.05, 0) is 39.5 Å². The Labute approximate surface area is 126 Å². The second-order valence-corrected chi connectivity index (χ2v) is 7.04. The molecule has 20 heavy (non-hydrogen) atoms. The Kier molecular flexibility index (Phi) is 5.19. The second kappa shape index (κ2) is 6.70. The van der Waals surface area contributed by atoms with Gasteiger partial charge in [-0.1, -0.05) is 13.8 Å². The molecule has 1 aromatic heterocycles. The van der Waals surface area contributed by atoms with Gasteiger partial charge in [0.2, 0.25) is 5.91 Å². The summed E-state index contributed by atoms with van der Waals surface area (Å²) in [4.78, 5) is 20.5. The Bertz CT molecular complexity index is 438. The monoisotopic (exact) mass is 294 g/mol. The number of carbonyl (C=O) groups is 1. The Morgan fingerprint density at radius 3 is 2.35 bits per heavy atom. The van der Waals surface area contributed by atoms with E-state index in [1.54, 1.807) is 0 Å². The van der Waals surface area contributed by atoms with Crippen molar-refractivity contribution >= 4 is 17.2 Å². The van der Waals surface area contributed by atoms with Gasteiger partial charge in [0.25, 0.3) is 0 Å². The summed E-state index contributed by atoms with van der Waals surface area (Å²) in [5.74, 6) is 1.13. The molecule has 0 radical (unpaired) electrons. The number of aryl methyl sites for hydroxylation is 2. The number of likely N-dealkylation sites (tertiary alicyclic amines) is 1. The minimum absolute atomic E-state index is 0.218. The SMILES string of the molecule is CCC(CC)C(=O)N1CCC(c2nc(C)c(C)s2)CC1. The van der Waals surface area contributed by atoms with Gasteiger partial charge in [-0.15, -0.1) is 11.3 Å². The van der Waals surface area contributed by atoms with Crippen LogP contribution in [-0.4, -0.2) is 28.9 Å². The number of amides is 1. The Balaban J connectivity index is 1.93. The Morgan fingerprint density at radius 2 is 1.90 bits per heavy atom. The maximum absolute atomic E-state index is 12.4. The molecule has 1 saturated heterocycles. The third-order valence-corrected chi connectivity index (χ3v) is 5.77. The maximum Gasteiger partial charge on any atom is 0.225 e. The van der Waals surface area contributed by atoms with Gasteiger partial charge in [-0.2, -0.15) is 0 Å². The van der Waals surface area contributed by atoms with Crippen molar-refractivity contribution in [2.24, 2.45) is 5.92 Å². The van der Waals surface area contributed by atoms with Crippen molar-refractivity contribution in [2.75, 3.05) is 13.1 Å². The third-order valence-electron chi connectivity index (χ3n) is 4.54. The summed E-state index contributed by atoms with van der Waals surface area (Å²) >= 11 is 1.83. The molecule has 112 valence electrons. The van der Waals surface area contributed by atoms with Crippen LogP contribution in [0.3, 0.4) is 0 Å². The van der Waals surface area contributed by atoms with Crippen LogP contribution in [0.4, 0.5) is 0 Å². The lowest BCUT2D eigenvalue weighted by Gasteiger charge is -2.33. The van der Waals surface area contributed by atoms with Crippen LogP contribution in [0.15, 0.2) is 0 Å². The molecule has 1 aliphatic rings. The highest BCUT2D eigenvalue weighted by Gasteiger charge is 2.28. The topological polar surface area (TPSA) is 33.2 Å². The van der Waals surface area contributed by atoms with Gasteiger partial charge in [0.1, 0.15) is 0 Å². The first kappa shape index (κ1) is 15.5. The summed E-state index contributed by atoms with van der Waals surface area (Å²) in [6.45, 7) is 10.2. The molecule has 0 atom stereocenters. The highest BCUT2D eigenvalue weighted by atomic mass is 32.1. The molecule has 2 heterocycles. The molecule has 1 amide bonds. The largest absolute Gasteiger partial charge is 0.342 e. The highest BCUT2D eigenvalue weighted by molar-refractivity contribution is 7.11. The summed E-state index contributed by atoms with van der Waals surface area (Å²) in [7, 11) is 0. The van der Waals surface area contributed by atoms with E-state index in [-0.39, 0.29) is 5.92 Å². The first-order chi connectivity index (χ1) is 9.56. The van der Waals surface area contributed by atoms with Gasteiger partial charge in [-0.3, -0.25) is 4.79 Å². The lowest BCUT2D eigenvalue weighted by molar-refractivity contribution is -0.136. The van der Waals surface area contributed by atoms with E-state index < -0.39 is 0 Å². The molecule has 0 aliphatic carbocycles. The van der Waals surface area contributed by atoms with Crippen LogP contribution >= 0.6 is 11.3 Å². The van der Waals surface area contributed by atoms with Gasteiger partial charge in [-0.25, -0.2) is 4.98 Å². The van der Waals surface area contributed by atoms with Gasteiger partial charge in [0.15, 0.2) is 0 Å². The molecule has 0 N–H and O–H groups in total. The van der Waals surface area contributed by atoms with E-state index in [9.17, 15) is 4.79 Å². The number of hydrogen-bond acceptors (Lipinski definition) is 3. The maximum atomic E-state index is 12.4. The fourth-order valence-corrected chi connectivity index (χ4v) is 4.01. The van der Waals surface area contributed by atoms with Gasteiger partial charge >= 0.3 is 0 Å². The molecule has 3 nitrogen and oxygen atoms in total. The average Bonchev–Trinajstić information content (AvgIpc) is 2.80. The van der Waals surface area contributed by atoms with Crippen molar-refractivity contribution < 1.29 is 4.79 Å². The normalized spacial score (nSPS) is 16.9. The van der Waals surface area contributed by atoms with E-state index in [1.165, 1.54) is 15.6 Å². The van der Waals surface area contributed by atoms with E-state index in [0.29, 0.717) is 11.8 Å². The van der Waals surface area contributed by atoms with Crippen LogP contribution in [0.5, 0.6) is 0 Å². The second-order valence-electron chi connectivity index (χ2n) is 5.81. The summed E-state index contributed by atoms with van der Waals surface area (Å²) in [6.07, 6.45) is 4.05. The van der Waals surface area contributed by atoms with Gasteiger partial charge in [0.05, 0.1) is 10.7 Å². The van der Waals surface area contributed by atoms with Crippen LogP contribution in [0, 0.1) is 19.8 Å². The van der Waals surface area contributed by atoms with Crippen LogP contribution in [0.25, 0.3) is 0 Å². The molecule has 0 bridgehead atoms. The van der Waals surface area contributed by atoms with E-state index in [4.69, 9.17) is 0 Å². The predicted molar refractivity (Wildman–Crippen MR) is 84.2 cm³/mol. The average molecular weight is 294 g/mol. The van der Waals surface area contributed by atoms with Crippen molar-refractivity contribution in [3.8, 4) is 0 Å². The van der Waals surface area contributed by atoms with Crippen molar-refractivity contribution in [2.45, 2.75) is 59.3 Å². The molecule has 1 aliphatic heterocycles. The van der Waals surface area contributed by atoms with E-state index in [0.717, 1.165) is 38.8 Å². The van der Waals surface area contributed by atoms with Crippen molar-refractivity contribution in [3.63, 3.8) is 0 Å². The summed E-state index contributed by atoms with van der Waals surface area (Å²) < 4.78 is 0. The Hall–Kier alpha value is -0.900. The quantitative estimate of drug-likeness (QED) is 0.843. The lowest BCUT2D eigenvalue weighted by Crippen LogP contribution is -2.41. The molecule has 1 fully saturated rings. The molecule has 0 aromatic carbocycles. The minimum Gasteiger partial charge on any atom is -0.342 e. The smallest absolute Gasteiger partial charge is 0.225 e. The number of carbonyl (C=O) groups excluding carboxylic acids is 1. The third kappa shape index (κ3) is 3.22. The molecule has 0 spiro atoms. The van der Waals surface area contributed by atoms with Crippen LogP contribution in [0.2, 0.25) is 0 Å². The first-order valence-electron chi connectivity index (χ1n) is 7.79. The molecule has 1 aromatic rings. The van der Waals surface area contributed by atoms with E-state index >= 15 is 0 Å². The number of piperidine rings is 1. The van der Waals surface area contributed by atoms with Gasteiger partial charge < -0.3 is 4.90 Å². The molecule has 2 rings (SSSR count). The van der Waals surface area contributed by atoms with Crippen LogP contribution in [-0.2, 0) is 4.79 Å². The van der Waals surface area contributed by atoms with Crippen LogP contribution in [0.1, 0.15) is 61.0 Å². The fraction of sp³-hybridized carbons (Fsp3) is 0.750. The van der Waals surface area contributed by atoms with Crippen molar-refractivity contribution in [1.29, 1.82) is 0 Å².